The van der Waals surface area contributed by atoms with Gasteiger partial charge in [0.2, 0.25) is 0 Å². The van der Waals surface area contributed by atoms with Crippen molar-refractivity contribution in [2.75, 3.05) is 21.2 Å². The third-order valence-electron chi connectivity index (χ3n) is 1.99. The first kappa shape index (κ1) is 10.6. The van der Waals surface area contributed by atoms with Crippen LogP contribution in [0.25, 0.3) is 0 Å². The number of ether oxygens (including phenoxy) is 1. The summed E-state index contributed by atoms with van der Waals surface area (Å²) in [5, 5.41) is 0. The summed E-state index contributed by atoms with van der Waals surface area (Å²) in [5.74, 6) is 0.588. The second-order valence-electron chi connectivity index (χ2n) is 3.40. The minimum atomic E-state index is -0.0400. The number of hydrogen-bond acceptors (Lipinski definition) is 2. The van der Waals surface area contributed by atoms with Crippen LogP contribution in [0.3, 0.4) is 0 Å². The number of benzene rings is 1. The molecule has 0 saturated heterocycles. The smallest absolute Gasteiger partial charge is 0.257 e. The molecule has 3 nitrogen and oxygen atoms in total. The Hall–Kier alpha value is -1.51. The third-order valence-corrected chi connectivity index (χ3v) is 1.99. The van der Waals surface area contributed by atoms with Gasteiger partial charge in [-0.25, -0.2) is 0 Å². The maximum Gasteiger partial charge on any atom is 0.257 e. The average Bonchev–Trinajstić information content (AvgIpc) is 2.16. The molecule has 0 bridgehead atoms. The van der Waals surface area contributed by atoms with Crippen molar-refractivity contribution in [1.82, 2.24) is 4.90 Å². The third kappa shape index (κ3) is 2.05. The summed E-state index contributed by atoms with van der Waals surface area (Å²) in [7, 11) is 5.02. The molecule has 0 aliphatic rings. The van der Waals surface area contributed by atoms with Gasteiger partial charge in [0, 0.05) is 14.1 Å². The highest BCUT2D eigenvalue weighted by Crippen LogP contribution is 2.20. The van der Waals surface area contributed by atoms with E-state index in [9.17, 15) is 4.79 Å². The lowest BCUT2D eigenvalue weighted by Crippen LogP contribution is -2.22. The van der Waals surface area contributed by atoms with E-state index >= 15 is 0 Å². The van der Waals surface area contributed by atoms with Crippen LogP contribution in [0.2, 0.25) is 0 Å². The largest absolute Gasteiger partial charge is 0.496 e. The molecule has 0 spiro atoms. The van der Waals surface area contributed by atoms with Crippen LogP contribution in [0.4, 0.5) is 0 Å². The SMILES string of the molecule is COc1cc(C)ccc1C(=O)N(C)C. The molecule has 1 aromatic rings. The summed E-state index contributed by atoms with van der Waals surface area (Å²) < 4.78 is 5.15. The topological polar surface area (TPSA) is 29.5 Å². The van der Waals surface area contributed by atoms with Crippen molar-refractivity contribution in [3.05, 3.63) is 29.3 Å². The van der Waals surface area contributed by atoms with Gasteiger partial charge in [0.25, 0.3) is 5.91 Å². The van der Waals surface area contributed by atoms with Crippen LogP contribution in [0.15, 0.2) is 18.2 Å². The van der Waals surface area contributed by atoms with Crippen molar-refractivity contribution in [3.63, 3.8) is 0 Å². The van der Waals surface area contributed by atoms with Crippen LogP contribution in [0, 0.1) is 6.92 Å². The van der Waals surface area contributed by atoms with Gasteiger partial charge in [-0.3, -0.25) is 4.79 Å². The summed E-state index contributed by atoms with van der Waals surface area (Å²) in [6, 6.07) is 5.55. The molecule has 3 heteroatoms. The molecule has 0 aliphatic heterocycles. The van der Waals surface area contributed by atoms with Gasteiger partial charge in [0.15, 0.2) is 0 Å². The molecule has 0 saturated carbocycles. The van der Waals surface area contributed by atoms with E-state index < -0.39 is 0 Å². The van der Waals surface area contributed by atoms with Gasteiger partial charge in [0.05, 0.1) is 12.7 Å². The number of rotatable bonds is 2. The second-order valence-corrected chi connectivity index (χ2v) is 3.40. The van der Waals surface area contributed by atoms with E-state index in [2.05, 4.69) is 0 Å². The van der Waals surface area contributed by atoms with Crippen LogP contribution < -0.4 is 4.74 Å². The Balaban J connectivity index is 3.14. The van der Waals surface area contributed by atoms with Crippen molar-refractivity contribution in [3.8, 4) is 5.75 Å². The Bertz CT molecular complexity index is 345. The molecular formula is C11H15NO2. The number of methoxy groups -OCH3 is 1. The zero-order chi connectivity index (χ0) is 10.7. The summed E-state index contributed by atoms with van der Waals surface area (Å²) in [5.41, 5.74) is 1.68. The molecule has 0 unspecified atom stereocenters. The van der Waals surface area contributed by atoms with Gasteiger partial charge < -0.3 is 9.64 Å². The van der Waals surface area contributed by atoms with Crippen LogP contribution in [-0.2, 0) is 0 Å². The van der Waals surface area contributed by atoms with Crippen molar-refractivity contribution < 1.29 is 9.53 Å². The van der Waals surface area contributed by atoms with Crippen LogP contribution in [0.1, 0.15) is 15.9 Å². The van der Waals surface area contributed by atoms with Crippen LogP contribution in [0.5, 0.6) is 5.75 Å². The Morgan fingerprint density at radius 2 is 2.00 bits per heavy atom. The predicted molar refractivity (Wildman–Crippen MR) is 55.7 cm³/mol. The number of carbonyl (C=O) groups excluding carboxylic acids is 1. The number of amides is 1. The fraction of sp³-hybridized carbons (Fsp3) is 0.364. The lowest BCUT2D eigenvalue weighted by Gasteiger charge is -2.13. The van der Waals surface area contributed by atoms with Gasteiger partial charge in [-0.05, 0) is 24.6 Å². The monoisotopic (exact) mass is 193 g/mol. The molecule has 0 aliphatic carbocycles. The van der Waals surface area contributed by atoms with Gasteiger partial charge >= 0.3 is 0 Å². The first-order valence-electron chi connectivity index (χ1n) is 4.42. The Morgan fingerprint density at radius 3 is 2.50 bits per heavy atom. The number of hydrogen-bond donors (Lipinski definition) is 0. The van der Waals surface area contributed by atoms with E-state index in [0.29, 0.717) is 11.3 Å². The molecule has 0 fully saturated rings. The lowest BCUT2D eigenvalue weighted by molar-refractivity contribution is 0.0824. The maximum absolute atomic E-state index is 11.7. The van der Waals surface area contributed by atoms with Gasteiger partial charge in [-0.1, -0.05) is 6.07 Å². The first-order valence-corrected chi connectivity index (χ1v) is 4.42. The summed E-state index contributed by atoms with van der Waals surface area (Å²) >= 11 is 0. The molecule has 1 amide bonds. The lowest BCUT2D eigenvalue weighted by atomic mass is 10.1. The van der Waals surface area contributed by atoms with Crippen LogP contribution >= 0.6 is 0 Å². The molecule has 1 aromatic carbocycles. The molecular weight excluding hydrogens is 178 g/mol. The van der Waals surface area contributed by atoms with E-state index in [1.54, 1.807) is 27.3 Å². The second kappa shape index (κ2) is 4.13. The summed E-state index contributed by atoms with van der Waals surface area (Å²) in [6.07, 6.45) is 0. The molecule has 76 valence electrons. The number of aryl methyl sites for hydroxylation is 1. The predicted octanol–water partition coefficient (Wildman–Crippen LogP) is 1.71. The quantitative estimate of drug-likeness (QED) is 0.715. The summed E-state index contributed by atoms with van der Waals surface area (Å²) in [4.78, 5) is 13.2. The molecule has 14 heavy (non-hydrogen) atoms. The molecule has 0 heterocycles. The van der Waals surface area contributed by atoms with E-state index in [1.165, 1.54) is 4.90 Å². The minimum absolute atomic E-state index is 0.0400. The van der Waals surface area contributed by atoms with Gasteiger partial charge in [-0.2, -0.15) is 0 Å². The Morgan fingerprint density at radius 1 is 1.36 bits per heavy atom. The normalized spacial score (nSPS) is 9.71. The van der Waals surface area contributed by atoms with Crippen molar-refractivity contribution in [2.45, 2.75) is 6.92 Å². The Kier molecular flexibility index (Phi) is 3.12. The standard InChI is InChI=1S/C11H15NO2/c1-8-5-6-9(10(7-8)14-4)11(13)12(2)3/h5-7H,1-4H3. The van der Waals surface area contributed by atoms with Crippen molar-refractivity contribution >= 4 is 5.91 Å². The van der Waals surface area contributed by atoms with E-state index in [-0.39, 0.29) is 5.91 Å². The molecule has 0 radical (unpaired) electrons. The molecule has 0 N–H and O–H groups in total. The highest BCUT2D eigenvalue weighted by molar-refractivity contribution is 5.96. The highest BCUT2D eigenvalue weighted by Gasteiger charge is 2.13. The highest BCUT2D eigenvalue weighted by atomic mass is 16.5. The number of carbonyl (C=O) groups is 1. The molecule has 0 atom stereocenters. The van der Waals surface area contributed by atoms with E-state index in [4.69, 9.17) is 4.74 Å². The van der Waals surface area contributed by atoms with Crippen molar-refractivity contribution in [1.29, 1.82) is 0 Å². The summed E-state index contributed by atoms with van der Waals surface area (Å²) in [6.45, 7) is 1.96. The molecule has 1 rings (SSSR count). The van der Waals surface area contributed by atoms with Gasteiger partial charge in [0.1, 0.15) is 5.75 Å². The van der Waals surface area contributed by atoms with E-state index in [0.717, 1.165) is 5.56 Å². The fourth-order valence-electron chi connectivity index (χ4n) is 1.22. The zero-order valence-corrected chi connectivity index (χ0v) is 9.00. The fourth-order valence-corrected chi connectivity index (χ4v) is 1.22. The minimum Gasteiger partial charge on any atom is -0.496 e. The van der Waals surface area contributed by atoms with Gasteiger partial charge in [-0.15, -0.1) is 0 Å². The maximum atomic E-state index is 11.7. The number of nitrogens with zero attached hydrogens (tertiary/aromatic N) is 1. The molecule has 0 aromatic heterocycles. The zero-order valence-electron chi connectivity index (χ0n) is 9.00. The Labute approximate surface area is 84.3 Å². The van der Waals surface area contributed by atoms with Crippen LogP contribution in [-0.4, -0.2) is 32.0 Å². The van der Waals surface area contributed by atoms with Crippen molar-refractivity contribution in [2.24, 2.45) is 0 Å². The first-order chi connectivity index (χ1) is 6.56. The van der Waals surface area contributed by atoms with E-state index in [1.807, 2.05) is 19.1 Å². The average molecular weight is 193 g/mol.